The van der Waals surface area contributed by atoms with E-state index in [1.54, 1.807) is 20.8 Å². The smallest absolute Gasteiger partial charge is 0.410 e. The first-order valence-electron chi connectivity index (χ1n) is 12.3. The summed E-state index contributed by atoms with van der Waals surface area (Å²) >= 11 is 0. The highest BCUT2D eigenvalue weighted by atomic mass is 19.3. The molecule has 4 rings (SSSR count). The quantitative estimate of drug-likeness (QED) is 0.649. The number of pyridine rings is 1. The Hall–Kier alpha value is -2.74. The van der Waals surface area contributed by atoms with Crippen LogP contribution in [-0.4, -0.2) is 65.1 Å². The first-order valence-corrected chi connectivity index (χ1v) is 12.3. The third-order valence-electron chi connectivity index (χ3n) is 7.07. The number of ether oxygens (including phenoxy) is 1. The summed E-state index contributed by atoms with van der Waals surface area (Å²) in [4.78, 5) is 20.1. The average Bonchev–Trinajstić information content (AvgIpc) is 3.22. The van der Waals surface area contributed by atoms with Gasteiger partial charge in [0.05, 0.1) is 17.7 Å². The fourth-order valence-corrected chi connectivity index (χ4v) is 5.25. The number of amides is 1. The molecule has 35 heavy (non-hydrogen) atoms. The highest BCUT2D eigenvalue weighted by Gasteiger charge is 2.63. The van der Waals surface area contributed by atoms with E-state index in [1.165, 1.54) is 5.57 Å². The Morgan fingerprint density at radius 1 is 1.29 bits per heavy atom. The van der Waals surface area contributed by atoms with Crippen molar-refractivity contribution in [3.8, 4) is 0 Å². The highest BCUT2D eigenvalue weighted by molar-refractivity contribution is 5.77. The van der Waals surface area contributed by atoms with Gasteiger partial charge in [0, 0.05) is 50.2 Å². The van der Waals surface area contributed by atoms with Gasteiger partial charge in [0.15, 0.2) is 0 Å². The van der Waals surface area contributed by atoms with Gasteiger partial charge in [0.2, 0.25) is 0 Å². The van der Waals surface area contributed by atoms with Crippen LogP contribution in [0.1, 0.15) is 51.8 Å². The van der Waals surface area contributed by atoms with Gasteiger partial charge in [-0.2, -0.15) is 0 Å². The number of alkyl halides is 2. The Labute approximate surface area is 206 Å². The van der Waals surface area contributed by atoms with Crippen LogP contribution in [0.5, 0.6) is 0 Å². The van der Waals surface area contributed by atoms with Gasteiger partial charge in [-0.1, -0.05) is 24.8 Å². The number of hydrogen-bond donors (Lipinski definition) is 1. The van der Waals surface area contributed by atoms with Gasteiger partial charge in [-0.3, -0.25) is 9.88 Å². The molecule has 3 aliphatic heterocycles. The SMILES string of the molecule is C=C/C(=C1/CCN/C1=C/C)c1ccc(CN2CC3(CCN(C(=O)OC(C)(C)C)CC3(F)F)C2)cn1. The van der Waals surface area contributed by atoms with Crippen molar-refractivity contribution < 1.29 is 18.3 Å². The predicted octanol–water partition coefficient (Wildman–Crippen LogP) is 5.00. The lowest BCUT2D eigenvalue weighted by Crippen LogP contribution is -2.70. The maximum atomic E-state index is 15.1. The van der Waals surface area contributed by atoms with E-state index in [1.807, 2.05) is 36.2 Å². The molecular formula is C27H36F2N4O2. The van der Waals surface area contributed by atoms with Crippen LogP contribution in [0.15, 0.2) is 48.3 Å². The Morgan fingerprint density at radius 2 is 2.03 bits per heavy atom. The van der Waals surface area contributed by atoms with E-state index in [0.29, 0.717) is 19.6 Å². The second-order valence-corrected chi connectivity index (χ2v) is 10.8. The fraction of sp³-hybridized carbons (Fsp3) is 0.556. The summed E-state index contributed by atoms with van der Waals surface area (Å²) in [5, 5.41) is 3.38. The topological polar surface area (TPSA) is 57.7 Å². The summed E-state index contributed by atoms with van der Waals surface area (Å²) < 4.78 is 35.6. The maximum absolute atomic E-state index is 15.1. The molecule has 0 unspecified atom stereocenters. The summed E-state index contributed by atoms with van der Waals surface area (Å²) in [5.74, 6) is -2.95. The van der Waals surface area contributed by atoms with E-state index >= 15 is 8.78 Å². The number of allylic oxidation sites excluding steroid dienone is 4. The van der Waals surface area contributed by atoms with Crippen molar-refractivity contribution in [2.75, 3.05) is 32.7 Å². The third-order valence-corrected chi connectivity index (χ3v) is 7.07. The molecule has 0 aliphatic carbocycles. The molecule has 190 valence electrons. The molecule has 3 aliphatic rings. The molecule has 1 spiro atoms. The normalized spacial score (nSPS) is 24.2. The number of likely N-dealkylation sites (tertiary alicyclic amines) is 2. The minimum Gasteiger partial charge on any atom is -0.444 e. The Kier molecular flexibility index (Phi) is 6.79. The summed E-state index contributed by atoms with van der Waals surface area (Å²) in [6.07, 6.45) is 6.26. The molecule has 1 aromatic heterocycles. The molecule has 8 heteroatoms. The Morgan fingerprint density at radius 3 is 2.60 bits per heavy atom. The van der Waals surface area contributed by atoms with Crippen molar-refractivity contribution in [1.82, 2.24) is 20.1 Å². The zero-order chi connectivity index (χ0) is 25.4. The number of carbonyl (C=O) groups excluding carboxylic acids is 1. The van der Waals surface area contributed by atoms with Crippen LogP contribution in [0.25, 0.3) is 5.57 Å². The van der Waals surface area contributed by atoms with Crippen molar-refractivity contribution in [2.45, 2.75) is 58.6 Å². The largest absolute Gasteiger partial charge is 0.444 e. The average molecular weight is 487 g/mol. The second kappa shape index (κ2) is 9.37. The number of hydrogen-bond acceptors (Lipinski definition) is 5. The van der Waals surface area contributed by atoms with Gasteiger partial charge in [0.25, 0.3) is 5.92 Å². The van der Waals surface area contributed by atoms with Crippen molar-refractivity contribution in [1.29, 1.82) is 0 Å². The summed E-state index contributed by atoms with van der Waals surface area (Å²) in [6.45, 7) is 13.0. The van der Waals surface area contributed by atoms with E-state index in [0.717, 1.165) is 40.4 Å². The van der Waals surface area contributed by atoms with Gasteiger partial charge < -0.3 is 15.0 Å². The summed E-state index contributed by atoms with van der Waals surface area (Å²) in [5.41, 5.74) is 3.42. The number of carbonyl (C=O) groups is 1. The molecule has 6 nitrogen and oxygen atoms in total. The molecule has 0 atom stereocenters. The minimum atomic E-state index is -2.95. The minimum absolute atomic E-state index is 0.268. The standard InChI is InChI=1S/C27H36F2N4O2/c1-6-20(21-10-12-30-22(21)7-2)23-9-8-19(14-31-23)15-32-16-26(17-32)11-13-33(18-27(26,28)29)24(34)35-25(3,4)5/h6-9,14,30H,1,10-13,15-18H2,2-5H3/b21-20+,22-7+. The molecular weight excluding hydrogens is 450 g/mol. The second-order valence-electron chi connectivity index (χ2n) is 10.8. The molecule has 3 fully saturated rings. The molecule has 1 N–H and O–H groups in total. The fourth-order valence-electron chi connectivity index (χ4n) is 5.25. The lowest BCUT2D eigenvalue weighted by Gasteiger charge is -2.57. The van der Waals surface area contributed by atoms with Gasteiger partial charge in [-0.25, -0.2) is 13.6 Å². The number of nitrogens with zero attached hydrogens (tertiary/aromatic N) is 3. The number of halogens is 2. The van der Waals surface area contributed by atoms with Crippen LogP contribution in [-0.2, 0) is 11.3 Å². The van der Waals surface area contributed by atoms with Crippen molar-refractivity contribution >= 4 is 11.7 Å². The van der Waals surface area contributed by atoms with Crippen LogP contribution >= 0.6 is 0 Å². The van der Waals surface area contributed by atoms with E-state index in [9.17, 15) is 4.79 Å². The zero-order valence-corrected chi connectivity index (χ0v) is 21.2. The van der Waals surface area contributed by atoms with Gasteiger partial charge in [-0.05, 0) is 57.7 Å². The van der Waals surface area contributed by atoms with Gasteiger partial charge >= 0.3 is 6.09 Å². The number of aromatic nitrogens is 1. The van der Waals surface area contributed by atoms with Gasteiger partial charge in [-0.15, -0.1) is 0 Å². The lowest BCUT2D eigenvalue weighted by molar-refractivity contribution is -0.223. The molecule has 0 bridgehead atoms. The van der Waals surface area contributed by atoms with Crippen LogP contribution < -0.4 is 5.32 Å². The van der Waals surface area contributed by atoms with E-state index in [2.05, 4.69) is 23.0 Å². The Bertz CT molecular complexity index is 1030. The Balaban J connectivity index is 1.36. The van der Waals surface area contributed by atoms with Gasteiger partial charge in [0.1, 0.15) is 5.60 Å². The number of piperidine rings is 1. The van der Waals surface area contributed by atoms with E-state index < -0.39 is 29.6 Å². The van der Waals surface area contributed by atoms with Crippen molar-refractivity contribution in [2.24, 2.45) is 5.41 Å². The summed E-state index contributed by atoms with van der Waals surface area (Å²) in [6, 6.07) is 3.99. The van der Waals surface area contributed by atoms with Crippen LogP contribution in [0, 0.1) is 5.41 Å². The van der Waals surface area contributed by atoms with Crippen LogP contribution in [0.3, 0.4) is 0 Å². The monoisotopic (exact) mass is 486 g/mol. The zero-order valence-electron chi connectivity index (χ0n) is 21.2. The highest BCUT2D eigenvalue weighted by Crippen LogP contribution is 2.50. The molecule has 4 heterocycles. The van der Waals surface area contributed by atoms with Crippen molar-refractivity contribution in [3.05, 3.63) is 59.6 Å². The maximum Gasteiger partial charge on any atom is 0.410 e. The predicted molar refractivity (Wildman–Crippen MR) is 133 cm³/mol. The van der Waals surface area contributed by atoms with Crippen LogP contribution in [0.2, 0.25) is 0 Å². The molecule has 0 aromatic carbocycles. The number of nitrogens with one attached hydrogen (secondary N) is 1. The molecule has 1 aromatic rings. The first-order chi connectivity index (χ1) is 16.5. The molecule has 0 radical (unpaired) electrons. The van der Waals surface area contributed by atoms with E-state index in [4.69, 9.17) is 4.74 Å². The van der Waals surface area contributed by atoms with Crippen LogP contribution in [0.4, 0.5) is 13.6 Å². The lowest BCUT2D eigenvalue weighted by atomic mass is 9.69. The molecule has 1 amide bonds. The molecule has 0 saturated carbocycles. The molecule has 3 saturated heterocycles. The van der Waals surface area contributed by atoms with Crippen molar-refractivity contribution in [3.63, 3.8) is 0 Å². The summed E-state index contributed by atoms with van der Waals surface area (Å²) in [7, 11) is 0. The third kappa shape index (κ3) is 5.13. The number of rotatable bonds is 4. The van der Waals surface area contributed by atoms with E-state index in [-0.39, 0.29) is 13.0 Å². The first kappa shape index (κ1) is 25.4.